The highest BCUT2D eigenvalue weighted by atomic mass is 19.1. The minimum Gasteiger partial charge on any atom is -0.506 e. The minimum absolute atomic E-state index is 0.0943. The minimum atomic E-state index is -0.298. The summed E-state index contributed by atoms with van der Waals surface area (Å²) in [5, 5.41) is 20.9. The van der Waals surface area contributed by atoms with Gasteiger partial charge in [0.25, 0.3) is 5.91 Å². The van der Waals surface area contributed by atoms with Gasteiger partial charge in [0.05, 0.1) is 22.2 Å². The highest BCUT2D eigenvalue weighted by Crippen LogP contribution is 2.32. The first-order valence-corrected chi connectivity index (χ1v) is 8.06. The normalized spacial score (nSPS) is 14.3. The summed E-state index contributed by atoms with van der Waals surface area (Å²) in [6, 6.07) is 9.54. The zero-order chi connectivity index (χ0) is 17.4. The maximum absolute atomic E-state index is 13.0. The van der Waals surface area contributed by atoms with Gasteiger partial charge < -0.3 is 10.4 Å². The summed E-state index contributed by atoms with van der Waals surface area (Å²) < 4.78 is 13.0. The second kappa shape index (κ2) is 6.05. The lowest BCUT2D eigenvalue weighted by Crippen LogP contribution is -2.25. The second-order valence-electron chi connectivity index (χ2n) is 6.13. The van der Waals surface area contributed by atoms with Crippen LogP contribution in [-0.4, -0.2) is 27.3 Å². The number of aromatic nitrogens is 2. The smallest absolute Gasteiger partial charge is 0.255 e. The van der Waals surface area contributed by atoms with Crippen LogP contribution in [0.3, 0.4) is 0 Å². The molecule has 1 amide bonds. The van der Waals surface area contributed by atoms with Crippen LogP contribution in [0.5, 0.6) is 5.75 Å². The molecule has 6 heteroatoms. The molecule has 25 heavy (non-hydrogen) atoms. The molecule has 5 nitrogen and oxygen atoms in total. The fourth-order valence-corrected chi connectivity index (χ4v) is 2.66. The molecule has 1 aliphatic rings. The standard InChI is InChI=1S/C19H16FN3O2/c20-12-4-1-11(2-5-12)3-9-15-17-16(23-22-15)10-8-14(18(17)24)19(25)21-13-6-7-13/h1-5,8-10,13,24H,6-7H2,(H,21,25)(H,22,23). The van der Waals surface area contributed by atoms with Crippen LogP contribution in [0.15, 0.2) is 36.4 Å². The van der Waals surface area contributed by atoms with Crippen molar-refractivity contribution in [2.75, 3.05) is 0 Å². The van der Waals surface area contributed by atoms with Crippen molar-refractivity contribution < 1.29 is 14.3 Å². The fourth-order valence-electron chi connectivity index (χ4n) is 2.66. The van der Waals surface area contributed by atoms with Crippen molar-refractivity contribution in [3.8, 4) is 5.75 Å². The third kappa shape index (κ3) is 3.10. The van der Waals surface area contributed by atoms with E-state index in [2.05, 4.69) is 15.5 Å². The van der Waals surface area contributed by atoms with Crippen LogP contribution in [-0.2, 0) is 0 Å². The monoisotopic (exact) mass is 337 g/mol. The van der Waals surface area contributed by atoms with E-state index < -0.39 is 0 Å². The van der Waals surface area contributed by atoms with Crippen LogP contribution < -0.4 is 5.32 Å². The molecule has 126 valence electrons. The number of aromatic hydroxyl groups is 1. The maximum Gasteiger partial charge on any atom is 0.255 e. The molecular weight excluding hydrogens is 321 g/mol. The highest BCUT2D eigenvalue weighted by molar-refractivity contribution is 6.05. The lowest BCUT2D eigenvalue weighted by Gasteiger charge is -2.06. The number of phenolic OH excluding ortho intramolecular Hbond substituents is 1. The first-order chi connectivity index (χ1) is 12.1. The molecule has 1 fully saturated rings. The van der Waals surface area contributed by atoms with Crippen molar-refractivity contribution in [2.24, 2.45) is 0 Å². The van der Waals surface area contributed by atoms with Gasteiger partial charge in [-0.3, -0.25) is 9.89 Å². The molecule has 1 aromatic heterocycles. The number of hydrogen-bond acceptors (Lipinski definition) is 3. The number of rotatable bonds is 4. The maximum atomic E-state index is 13.0. The topological polar surface area (TPSA) is 78.0 Å². The number of H-pyrrole nitrogens is 1. The lowest BCUT2D eigenvalue weighted by molar-refractivity contribution is 0.0948. The first kappa shape index (κ1) is 15.4. The molecule has 1 saturated carbocycles. The van der Waals surface area contributed by atoms with Crippen LogP contribution >= 0.6 is 0 Å². The zero-order valence-electron chi connectivity index (χ0n) is 13.3. The number of phenols is 1. The summed E-state index contributed by atoms with van der Waals surface area (Å²) >= 11 is 0. The van der Waals surface area contributed by atoms with Crippen molar-refractivity contribution in [3.05, 3.63) is 59.0 Å². The molecule has 4 rings (SSSR count). The SMILES string of the molecule is O=C(NC1CC1)c1ccc2n[nH]c(C=Cc3ccc(F)cc3)c2c1O. The Morgan fingerprint density at radius 2 is 1.96 bits per heavy atom. The Kier molecular flexibility index (Phi) is 3.72. The van der Waals surface area contributed by atoms with E-state index in [1.165, 1.54) is 12.1 Å². The molecule has 0 aliphatic heterocycles. The van der Waals surface area contributed by atoms with Gasteiger partial charge in [0.15, 0.2) is 0 Å². The van der Waals surface area contributed by atoms with Gasteiger partial charge >= 0.3 is 0 Å². The largest absolute Gasteiger partial charge is 0.506 e. The number of carbonyl (C=O) groups excluding carboxylic acids is 1. The Hall–Kier alpha value is -3.15. The van der Waals surface area contributed by atoms with E-state index in [4.69, 9.17) is 0 Å². The van der Waals surface area contributed by atoms with Gasteiger partial charge in [-0.05, 0) is 48.7 Å². The molecule has 0 saturated heterocycles. The van der Waals surface area contributed by atoms with Crippen molar-refractivity contribution in [2.45, 2.75) is 18.9 Å². The summed E-state index contributed by atoms with van der Waals surface area (Å²) in [4.78, 5) is 12.2. The summed E-state index contributed by atoms with van der Waals surface area (Å²) in [7, 11) is 0. The lowest BCUT2D eigenvalue weighted by atomic mass is 10.1. The quantitative estimate of drug-likeness (QED) is 0.682. The molecule has 3 N–H and O–H groups in total. The molecule has 0 unspecified atom stereocenters. The fraction of sp³-hybridized carbons (Fsp3) is 0.158. The van der Waals surface area contributed by atoms with E-state index in [-0.39, 0.29) is 29.1 Å². The molecule has 0 bridgehead atoms. The van der Waals surface area contributed by atoms with Crippen molar-refractivity contribution >= 4 is 29.0 Å². The summed E-state index contributed by atoms with van der Waals surface area (Å²) in [5.74, 6) is -0.673. The molecule has 1 aliphatic carbocycles. The van der Waals surface area contributed by atoms with Crippen LogP contribution in [0, 0.1) is 5.82 Å². The van der Waals surface area contributed by atoms with Gasteiger partial charge in [0.2, 0.25) is 0 Å². The first-order valence-electron chi connectivity index (χ1n) is 8.06. The zero-order valence-corrected chi connectivity index (χ0v) is 13.3. The number of carbonyl (C=O) groups is 1. The summed E-state index contributed by atoms with van der Waals surface area (Å²) in [6.45, 7) is 0. The summed E-state index contributed by atoms with van der Waals surface area (Å²) in [6.07, 6.45) is 5.48. The van der Waals surface area contributed by atoms with Crippen molar-refractivity contribution in [3.63, 3.8) is 0 Å². The van der Waals surface area contributed by atoms with Gasteiger partial charge in [-0.2, -0.15) is 5.10 Å². The number of fused-ring (bicyclic) bond motifs is 1. The predicted molar refractivity (Wildman–Crippen MR) is 93.6 cm³/mol. The number of nitrogens with zero attached hydrogens (tertiary/aromatic N) is 1. The van der Waals surface area contributed by atoms with E-state index in [9.17, 15) is 14.3 Å². The molecule has 0 spiro atoms. The Bertz CT molecular complexity index is 972. The van der Waals surface area contributed by atoms with Gasteiger partial charge in [-0.15, -0.1) is 0 Å². The van der Waals surface area contributed by atoms with Gasteiger partial charge in [0, 0.05) is 6.04 Å². The van der Waals surface area contributed by atoms with Gasteiger partial charge in [-0.25, -0.2) is 4.39 Å². The van der Waals surface area contributed by atoms with Crippen LogP contribution in [0.4, 0.5) is 4.39 Å². The van der Waals surface area contributed by atoms with E-state index in [1.807, 2.05) is 0 Å². The van der Waals surface area contributed by atoms with Gasteiger partial charge in [0.1, 0.15) is 11.6 Å². The Morgan fingerprint density at radius 1 is 1.20 bits per heavy atom. The third-order valence-electron chi connectivity index (χ3n) is 4.19. The molecule has 2 aromatic carbocycles. The molecule has 1 heterocycles. The second-order valence-corrected chi connectivity index (χ2v) is 6.13. The third-order valence-corrected chi connectivity index (χ3v) is 4.19. The Labute approximate surface area is 143 Å². The summed E-state index contributed by atoms with van der Waals surface area (Å²) in [5.41, 5.74) is 2.20. The number of amides is 1. The average Bonchev–Trinajstić information content (AvgIpc) is 3.31. The van der Waals surface area contributed by atoms with Crippen molar-refractivity contribution in [1.29, 1.82) is 0 Å². The molecule has 0 radical (unpaired) electrons. The van der Waals surface area contributed by atoms with E-state index in [1.54, 1.807) is 36.4 Å². The molecule has 3 aromatic rings. The average molecular weight is 337 g/mol. The Morgan fingerprint density at radius 3 is 2.68 bits per heavy atom. The number of nitrogens with one attached hydrogen (secondary N) is 2. The number of halogens is 1. The van der Waals surface area contributed by atoms with Crippen molar-refractivity contribution in [1.82, 2.24) is 15.5 Å². The molecular formula is C19H16FN3O2. The highest BCUT2D eigenvalue weighted by Gasteiger charge is 2.26. The van der Waals surface area contributed by atoms with Crippen LogP contribution in [0.25, 0.3) is 23.1 Å². The van der Waals surface area contributed by atoms with E-state index >= 15 is 0 Å². The Balaban J connectivity index is 1.69. The number of benzene rings is 2. The van der Waals surface area contributed by atoms with E-state index in [0.29, 0.717) is 16.6 Å². The molecule has 0 atom stereocenters. The number of hydrogen-bond donors (Lipinski definition) is 3. The number of aromatic amines is 1. The predicted octanol–water partition coefficient (Wildman–Crippen LogP) is 3.47. The van der Waals surface area contributed by atoms with E-state index in [0.717, 1.165) is 18.4 Å². The van der Waals surface area contributed by atoms with Gasteiger partial charge in [-0.1, -0.05) is 18.2 Å². The van der Waals surface area contributed by atoms with Crippen LogP contribution in [0.1, 0.15) is 34.5 Å². The van der Waals surface area contributed by atoms with Crippen LogP contribution in [0.2, 0.25) is 0 Å².